The molecular formula is C13H8F2N2O4. The highest BCUT2D eigenvalue weighted by atomic mass is 19.1. The predicted octanol–water partition coefficient (Wildman–Crippen LogP) is 2.83. The van der Waals surface area contributed by atoms with Crippen LogP contribution in [0.15, 0.2) is 36.4 Å². The number of nitrogens with zero attached hydrogens (tertiary/aromatic N) is 1. The van der Waals surface area contributed by atoms with E-state index in [-0.39, 0.29) is 11.4 Å². The van der Waals surface area contributed by atoms with Crippen molar-refractivity contribution in [1.29, 1.82) is 0 Å². The van der Waals surface area contributed by atoms with E-state index in [9.17, 15) is 28.8 Å². The van der Waals surface area contributed by atoms with Crippen LogP contribution in [0, 0.1) is 21.7 Å². The first-order chi connectivity index (χ1) is 9.88. The summed E-state index contributed by atoms with van der Waals surface area (Å²) in [5.41, 5.74) is -1.07. The van der Waals surface area contributed by atoms with Crippen LogP contribution in [0.5, 0.6) is 5.75 Å². The van der Waals surface area contributed by atoms with Crippen LogP contribution >= 0.6 is 0 Å². The number of phenols is 1. The van der Waals surface area contributed by atoms with Gasteiger partial charge in [0.25, 0.3) is 11.6 Å². The molecule has 2 aromatic rings. The Bertz CT molecular complexity index is 734. The van der Waals surface area contributed by atoms with Gasteiger partial charge >= 0.3 is 0 Å². The second-order valence-electron chi connectivity index (χ2n) is 4.04. The third-order valence-electron chi connectivity index (χ3n) is 2.61. The van der Waals surface area contributed by atoms with Crippen LogP contribution in [0.4, 0.5) is 20.2 Å². The number of halogens is 2. The van der Waals surface area contributed by atoms with Crippen molar-refractivity contribution < 1.29 is 23.6 Å². The molecule has 0 saturated carbocycles. The zero-order chi connectivity index (χ0) is 15.6. The molecule has 0 spiro atoms. The maximum Gasteiger partial charge on any atom is 0.271 e. The van der Waals surface area contributed by atoms with Gasteiger partial charge in [0.05, 0.1) is 16.2 Å². The predicted molar refractivity (Wildman–Crippen MR) is 69.1 cm³/mol. The summed E-state index contributed by atoms with van der Waals surface area (Å²) < 4.78 is 26.2. The van der Waals surface area contributed by atoms with E-state index in [4.69, 9.17) is 0 Å². The van der Waals surface area contributed by atoms with E-state index in [2.05, 4.69) is 5.32 Å². The molecule has 0 aliphatic carbocycles. The molecule has 0 aliphatic rings. The van der Waals surface area contributed by atoms with Gasteiger partial charge in [-0.2, -0.15) is 0 Å². The normalized spacial score (nSPS) is 10.2. The fourth-order valence-corrected chi connectivity index (χ4v) is 1.60. The molecular weight excluding hydrogens is 286 g/mol. The molecule has 2 aromatic carbocycles. The molecule has 0 aromatic heterocycles. The van der Waals surface area contributed by atoms with Gasteiger partial charge in [-0.3, -0.25) is 14.9 Å². The molecule has 2 N–H and O–H groups in total. The average molecular weight is 294 g/mol. The first-order valence-corrected chi connectivity index (χ1v) is 5.62. The summed E-state index contributed by atoms with van der Waals surface area (Å²) >= 11 is 0. The first kappa shape index (κ1) is 14.4. The molecule has 21 heavy (non-hydrogen) atoms. The van der Waals surface area contributed by atoms with Gasteiger partial charge in [0, 0.05) is 18.2 Å². The van der Waals surface area contributed by atoms with Gasteiger partial charge in [-0.1, -0.05) is 0 Å². The van der Waals surface area contributed by atoms with Crippen molar-refractivity contribution in [2.75, 3.05) is 5.32 Å². The Kier molecular flexibility index (Phi) is 3.79. The summed E-state index contributed by atoms with van der Waals surface area (Å²) in [5, 5.41) is 22.3. The number of rotatable bonds is 3. The molecule has 0 fully saturated rings. The summed E-state index contributed by atoms with van der Waals surface area (Å²) in [6, 6.07) is 5.34. The van der Waals surface area contributed by atoms with Crippen molar-refractivity contribution >= 4 is 17.3 Å². The van der Waals surface area contributed by atoms with E-state index >= 15 is 0 Å². The Hall–Kier alpha value is -3.03. The van der Waals surface area contributed by atoms with Crippen LogP contribution in [-0.4, -0.2) is 15.9 Å². The second-order valence-corrected chi connectivity index (χ2v) is 4.04. The zero-order valence-electron chi connectivity index (χ0n) is 10.3. The van der Waals surface area contributed by atoms with Gasteiger partial charge in [-0.15, -0.1) is 0 Å². The number of hydrogen-bond donors (Lipinski definition) is 2. The monoisotopic (exact) mass is 294 g/mol. The van der Waals surface area contributed by atoms with E-state index in [1.165, 1.54) is 0 Å². The van der Waals surface area contributed by atoms with E-state index in [0.717, 1.165) is 30.3 Å². The number of amides is 1. The smallest absolute Gasteiger partial charge is 0.271 e. The Labute approximate surface area is 116 Å². The second kappa shape index (κ2) is 5.53. The number of carbonyl (C=O) groups is 1. The Morgan fingerprint density at radius 1 is 1.19 bits per heavy atom. The maximum absolute atomic E-state index is 13.4. The topological polar surface area (TPSA) is 92.5 Å². The lowest BCUT2D eigenvalue weighted by Crippen LogP contribution is -2.14. The van der Waals surface area contributed by atoms with E-state index in [1.54, 1.807) is 0 Å². The average Bonchev–Trinajstić information content (AvgIpc) is 2.40. The van der Waals surface area contributed by atoms with Gasteiger partial charge < -0.3 is 10.4 Å². The Morgan fingerprint density at radius 3 is 2.52 bits per heavy atom. The lowest BCUT2D eigenvalue weighted by Gasteiger charge is -2.08. The third-order valence-corrected chi connectivity index (χ3v) is 2.61. The first-order valence-electron chi connectivity index (χ1n) is 5.62. The quantitative estimate of drug-likeness (QED) is 0.517. The number of nitro benzene ring substituents is 1. The summed E-state index contributed by atoms with van der Waals surface area (Å²) in [4.78, 5) is 21.7. The SMILES string of the molecule is O=C(Nc1cc([N+](=O)[O-])ccc1O)c1ccc(F)cc1F. The van der Waals surface area contributed by atoms with Gasteiger partial charge in [-0.05, 0) is 18.2 Å². The minimum absolute atomic E-state index is 0.252. The Morgan fingerprint density at radius 2 is 1.90 bits per heavy atom. The minimum Gasteiger partial charge on any atom is -0.506 e. The molecule has 0 radical (unpaired) electrons. The van der Waals surface area contributed by atoms with Crippen molar-refractivity contribution in [3.05, 3.63) is 63.7 Å². The molecule has 0 unspecified atom stereocenters. The highest BCUT2D eigenvalue weighted by Crippen LogP contribution is 2.28. The zero-order valence-corrected chi connectivity index (χ0v) is 10.3. The molecule has 0 heterocycles. The number of carbonyl (C=O) groups excluding carboxylic acids is 1. The summed E-state index contributed by atoms with van der Waals surface area (Å²) in [7, 11) is 0. The molecule has 8 heteroatoms. The van der Waals surface area contributed by atoms with Crippen LogP contribution in [0.2, 0.25) is 0 Å². The molecule has 0 bridgehead atoms. The van der Waals surface area contributed by atoms with Gasteiger partial charge in [-0.25, -0.2) is 8.78 Å². The molecule has 6 nitrogen and oxygen atoms in total. The number of benzene rings is 2. The number of aromatic hydroxyl groups is 1. The highest BCUT2D eigenvalue weighted by molar-refractivity contribution is 6.05. The lowest BCUT2D eigenvalue weighted by molar-refractivity contribution is -0.384. The molecule has 0 aliphatic heterocycles. The fraction of sp³-hybridized carbons (Fsp3) is 0. The molecule has 108 valence electrons. The number of non-ortho nitro benzene ring substituents is 1. The number of phenolic OH excluding ortho intramolecular Hbond substituents is 1. The summed E-state index contributed by atoms with van der Waals surface area (Å²) in [5.74, 6) is -3.32. The van der Waals surface area contributed by atoms with Crippen LogP contribution in [0.3, 0.4) is 0 Å². The number of anilines is 1. The summed E-state index contributed by atoms with van der Waals surface area (Å²) in [6.07, 6.45) is 0. The number of nitrogens with one attached hydrogen (secondary N) is 1. The Balaban J connectivity index is 2.31. The standard InChI is InChI=1S/C13H8F2N2O4/c14-7-1-3-9(10(15)5-7)13(19)16-11-6-8(17(20)21)2-4-12(11)18/h1-6,18H,(H,16,19). The van der Waals surface area contributed by atoms with Crippen LogP contribution < -0.4 is 5.32 Å². The molecule has 0 saturated heterocycles. The van der Waals surface area contributed by atoms with E-state index in [1.807, 2.05) is 0 Å². The maximum atomic E-state index is 13.4. The summed E-state index contributed by atoms with van der Waals surface area (Å²) in [6.45, 7) is 0. The highest BCUT2D eigenvalue weighted by Gasteiger charge is 2.16. The number of nitro groups is 1. The molecule has 1 amide bonds. The fourth-order valence-electron chi connectivity index (χ4n) is 1.60. The lowest BCUT2D eigenvalue weighted by atomic mass is 10.2. The van der Waals surface area contributed by atoms with E-state index in [0.29, 0.717) is 6.07 Å². The van der Waals surface area contributed by atoms with Crippen LogP contribution in [-0.2, 0) is 0 Å². The van der Waals surface area contributed by atoms with Gasteiger partial charge in [0.15, 0.2) is 0 Å². The molecule has 0 atom stereocenters. The molecule has 2 rings (SSSR count). The van der Waals surface area contributed by atoms with Crippen molar-refractivity contribution in [3.8, 4) is 5.75 Å². The minimum atomic E-state index is -1.09. The van der Waals surface area contributed by atoms with Crippen molar-refractivity contribution in [2.24, 2.45) is 0 Å². The number of hydrogen-bond acceptors (Lipinski definition) is 4. The largest absolute Gasteiger partial charge is 0.506 e. The van der Waals surface area contributed by atoms with Gasteiger partial charge in [0.2, 0.25) is 0 Å². The van der Waals surface area contributed by atoms with Crippen LogP contribution in [0.1, 0.15) is 10.4 Å². The van der Waals surface area contributed by atoms with Crippen molar-refractivity contribution in [1.82, 2.24) is 0 Å². The van der Waals surface area contributed by atoms with Crippen molar-refractivity contribution in [3.63, 3.8) is 0 Å². The van der Waals surface area contributed by atoms with Crippen LogP contribution in [0.25, 0.3) is 0 Å². The van der Waals surface area contributed by atoms with E-state index < -0.39 is 33.8 Å². The van der Waals surface area contributed by atoms with Crippen molar-refractivity contribution in [2.45, 2.75) is 0 Å². The van der Waals surface area contributed by atoms with Gasteiger partial charge in [0.1, 0.15) is 17.4 Å². The third kappa shape index (κ3) is 3.11.